The summed E-state index contributed by atoms with van der Waals surface area (Å²) >= 11 is 4.97. The molecule has 2 aromatic rings. The molecule has 0 spiro atoms. The summed E-state index contributed by atoms with van der Waals surface area (Å²) in [6.45, 7) is 0.425. The van der Waals surface area contributed by atoms with Crippen LogP contribution >= 0.6 is 27.3 Å². The summed E-state index contributed by atoms with van der Waals surface area (Å²) in [6, 6.07) is 3.94. The molecule has 2 rings (SSSR count). The van der Waals surface area contributed by atoms with E-state index in [0.29, 0.717) is 13.0 Å². The molecule has 0 aliphatic rings. The molecule has 4 nitrogen and oxygen atoms in total. The highest BCUT2D eigenvalue weighted by Crippen LogP contribution is 2.22. The summed E-state index contributed by atoms with van der Waals surface area (Å²) in [5, 5.41) is 9.28. The van der Waals surface area contributed by atoms with Gasteiger partial charge in [-0.05, 0) is 28.1 Å². The quantitative estimate of drug-likeness (QED) is 0.943. The van der Waals surface area contributed by atoms with Crippen molar-refractivity contribution < 1.29 is 9.52 Å². The molecule has 0 amide bonds. The van der Waals surface area contributed by atoms with Gasteiger partial charge in [-0.3, -0.25) is 0 Å². The SMILES string of the molecule is O=c1occ(O)n1CCc1ccc(Br)s1. The predicted octanol–water partition coefficient (Wildman–Crippen LogP) is 2.21. The molecule has 15 heavy (non-hydrogen) atoms. The molecule has 0 radical (unpaired) electrons. The van der Waals surface area contributed by atoms with Crippen LogP contribution in [0.25, 0.3) is 0 Å². The van der Waals surface area contributed by atoms with Crippen LogP contribution in [-0.4, -0.2) is 9.67 Å². The van der Waals surface area contributed by atoms with Gasteiger partial charge in [0.15, 0.2) is 6.26 Å². The van der Waals surface area contributed by atoms with E-state index in [1.54, 1.807) is 11.3 Å². The largest absolute Gasteiger partial charge is 0.492 e. The maximum Gasteiger partial charge on any atom is 0.421 e. The van der Waals surface area contributed by atoms with Crippen LogP contribution < -0.4 is 5.76 Å². The minimum Gasteiger partial charge on any atom is -0.492 e. The molecule has 2 aromatic heterocycles. The number of thiophene rings is 1. The average molecular weight is 290 g/mol. The summed E-state index contributed by atoms with van der Waals surface area (Å²) in [7, 11) is 0. The van der Waals surface area contributed by atoms with Gasteiger partial charge >= 0.3 is 5.76 Å². The molecule has 0 unspecified atom stereocenters. The van der Waals surface area contributed by atoms with Gasteiger partial charge < -0.3 is 9.52 Å². The number of aryl methyl sites for hydroxylation is 1. The van der Waals surface area contributed by atoms with Gasteiger partial charge in [-0.1, -0.05) is 0 Å². The van der Waals surface area contributed by atoms with Crippen LogP contribution in [0.1, 0.15) is 4.88 Å². The lowest BCUT2D eigenvalue weighted by molar-refractivity contribution is 0.413. The van der Waals surface area contributed by atoms with Crippen molar-refractivity contribution in [1.29, 1.82) is 0 Å². The fourth-order valence-corrected chi connectivity index (χ4v) is 2.71. The molecular weight excluding hydrogens is 282 g/mol. The molecule has 80 valence electrons. The van der Waals surface area contributed by atoms with Crippen LogP contribution in [0, 0.1) is 0 Å². The Morgan fingerprint density at radius 2 is 2.33 bits per heavy atom. The molecule has 0 saturated heterocycles. The second-order valence-electron chi connectivity index (χ2n) is 2.97. The summed E-state index contributed by atoms with van der Waals surface area (Å²) < 4.78 is 6.80. The number of aromatic hydroxyl groups is 1. The van der Waals surface area contributed by atoms with Gasteiger partial charge in [0.25, 0.3) is 0 Å². The molecular formula is C9H8BrNO3S. The van der Waals surface area contributed by atoms with Gasteiger partial charge in [-0.2, -0.15) is 0 Å². The van der Waals surface area contributed by atoms with Crippen molar-refractivity contribution in [3.63, 3.8) is 0 Å². The third-order valence-corrected chi connectivity index (χ3v) is 3.66. The Morgan fingerprint density at radius 3 is 2.87 bits per heavy atom. The molecule has 1 N–H and O–H groups in total. The van der Waals surface area contributed by atoms with Crippen molar-refractivity contribution >= 4 is 27.3 Å². The number of halogens is 1. The first-order valence-corrected chi connectivity index (χ1v) is 5.89. The zero-order valence-corrected chi connectivity index (χ0v) is 10.0. The maximum absolute atomic E-state index is 11.1. The van der Waals surface area contributed by atoms with Crippen LogP contribution in [0.4, 0.5) is 0 Å². The van der Waals surface area contributed by atoms with Gasteiger partial charge in [0.1, 0.15) is 0 Å². The number of rotatable bonds is 3. The first-order chi connectivity index (χ1) is 7.16. The van der Waals surface area contributed by atoms with Crippen LogP contribution in [0.3, 0.4) is 0 Å². The van der Waals surface area contributed by atoms with Gasteiger partial charge in [0, 0.05) is 17.8 Å². The lowest BCUT2D eigenvalue weighted by Crippen LogP contribution is -2.14. The third-order valence-electron chi connectivity index (χ3n) is 1.97. The Labute approximate surface area is 97.9 Å². The highest BCUT2D eigenvalue weighted by Gasteiger charge is 2.07. The van der Waals surface area contributed by atoms with Crippen LogP contribution in [0.5, 0.6) is 5.88 Å². The van der Waals surface area contributed by atoms with Gasteiger partial charge in [0.2, 0.25) is 5.88 Å². The van der Waals surface area contributed by atoms with E-state index in [9.17, 15) is 9.90 Å². The zero-order valence-electron chi connectivity index (χ0n) is 7.64. The van der Waals surface area contributed by atoms with Gasteiger partial charge in [-0.25, -0.2) is 9.36 Å². The molecule has 0 aliphatic heterocycles. The standard InChI is InChI=1S/C9H8BrNO3S/c10-7-2-1-6(15-7)3-4-11-8(12)5-14-9(11)13/h1-2,5,12H,3-4H2. The fourth-order valence-electron chi connectivity index (χ4n) is 1.24. The highest BCUT2D eigenvalue weighted by molar-refractivity contribution is 9.11. The summed E-state index contributed by atoms with van der Waals surface area (Å²) in [5.41, 5.74) is 0. The molecule has 0 aromatic carbocycles. The second-order valence-corrected chi connectivity index (χ2v) is 5.51. The lowest BCUT2D eigenvalue weighted by atomic mass is 10.3. The minimum atomic E-state index is -0.525. The van der Waals surface area contributed by atoms with Gasteiger partial charge in [0.05, 0.1) is 3.79 Å². The van der Waals surface area contributed by atoms with Crippen molar-refractivity contribution in [3.05, 3.63) is 37.6 Å². The number of oxazole rings is 1. The molecule has 0 fully saturated rings. The smallest absolute Gasteiger partial charge is 0.421 e. The maximum atomic E-state index is 11.1. The van der Waals surface area contributed by atoms with Crippen molar-refractivity contribution in [2.45, 2.75) is 13.0 Å². The van der Waals surface area contributed by atoms with Crippen LogP contribution in [-0.2, 0) is 13.0 Å². The number of hydrogen-bond acceptors (Lipinski definition) is 4. The first-order valence-electron chi connectivity index (χ1n) is 4.28. The van der Waals surface area contributed by atoms with E-state index in [0.717, 1.165) is 14.9 Å². The number of nitrogens with zero attached hydrogens (tertiary/aromatic N) is 1. The molecule has 2 heterocycles. The Balaban J connectivity index is 2.08. The zero-order chi connectivity index (χ0) is 10.8. The Hall–Kier alpha value is -1.01. The van der Waals surface area contributed by atoms with E-state index in [2.05, 4.69) is 20.3 Å². The van der Waals surface area contributed by atoms with E-state index in [4.69, 9.17) is 0 Å². The van der Waals surface area contributed by atoms with Crippen molar-refractivity contribution in [2.75, 3.05) is 0 Å². The topological polar surface area (TPSA) is 55.4 Å². The Morgan fingerprint density at radius 1 is 1.53 bits per heavy atom. The molecule has 0 bridgehead atoms. The van der Waals surface area contributed by atoms with Crippen LogP contribution in [0.2, 0.25) is 0 Å². The predicted molar refractivity (Wildman–Crippen MR) is 60.4 cm³/mol. The van der Waals surface area contributed by atoms with Gasteiger partial charge in [-0.15, -0.1) is 11.3 Å². The van der Waals surface area contributed by atoms with E-state index in [1.165, 1.54) is 4.57 Å². The van der Waals surface area contributed by atoms with E-state index < -0.39 is 5.76 Å². The lowest BCUT2D eigenvalue weighted by Gasteiger charge is -1.99. The van der Waals surface area contributed by atoms with Crippen molar-refractivity contribution in [1.82, 2.24) is 4.57 Å². The monoisotopic (exact) mass is 289 g/mol. The Kier molecular flexibility index (Phi) is 2.97. The average Bonchev–Trinajstić information content (AvgIpc) is 2.73. The number of aromatic nitrogens is 1. The molecule has 6 heteroatoms. The third kappa shape index (κ3) is 2.32. The first kappa shape index (κ1) is 10.5. The highest BCUT2D eigenvalue weighted by atomic mass is 79.9. The van der Waals surface area contributed by atoms with Crippen molar-refractivity contribution in [2.24, 2.45) is 0 Å². The molecule has 0 saturated carbocycles. The van der Waals surface area contributed by atoms with E-state index in [-0.39, 0.29) is 5.88 Å². The van der Waals surface area contributed by atoms with Crippen molar-refractivity contribution in [3.8, 4) is 5.88 Å². The minimum absolute atomic E-state index is 0.129. The van der Waals surface area contributed by atoms with E-state index in [1.807, 2.05) is 12.1 Å². The van der Waals surface area contributed by atoms with E-state index >= 15 is 0 Å². The number of hydrogen-bond donors (Lipinski definition) is 1. The molecule has 0 aliphatic carbocycles. The summed E-state index contributed by atoms with van der Waals surface area (Å²) in [5.74, 6) is -0.654. The Bertz CT molecular complexity index is 513. The summed E-state index contributed by atoms with van der Waals surface area (Å²) in [6.07, 6.45) is 1.75. The summed E-state index contributed by atoms with van der Waals surface area (Å²) in [4.78, 5) is 12.2. The normalized spacial score (nSPS) is 10.7. The fraction of sp³-hybridized carbons (Fsp3) is 0.222. The molecule has 0 atom stereocenters. The second kappa shape index (κ2) is 4.24. The van der Waals surface area contributed by atoms with Crippen LogP contribution in [0.15, 0.2) is 31.4 Å².